The Morgan fingerprint density at radius 1 is 1.20 bits per heavy atom. The molecule has 2 aromatic carbocycles. The van der Waals surface area contributed by atoms with Crippen molar-refractivity contribution >= 4 is 11.6 Å². The van der Waals surface area contributed by atoms with Gasteiger partial charge in [0, 0.05) is 16.1 Å². The summed E-state index contributed by atoms with van der Waals surface area (Å²) in [5.41, 5.74) is -0.186. The molecular weight excluding hydrogens is 215 g/mol. The molecule has 0 bridgehead atoms. The van der Waals surface area contributed by atoms with Crippen LogP contribution in [0.15, 0.2) is 42.4 Å². The number of aromatic hydroxyl groups is 1. The van der Waals surface area contributed by atoms with Crippen molar-refractivity contribution < 1.29 is 13.6 Å². The second kappa shape index (κ2) is 3.91. The zero-order valence-electron chi connectivity index (χ0n) is 10.5. The average molecular weight is 226 g/mol. The number of phenols is 1. The summed E-state index contributed by atoms with van der Waals surface area (Å²) in [5, 5.41) is 9.53. The summed E-state index contributed by atoms with van der Waals surface area (Å²) >= 11 is 5.73. The fourth-order valence-electron chi connectivity index (χ4n) is 1.24. The van der Waals surface area contributed by atoms with E-state index >= 15 is 0 Å². The van der Waals surface area contributed by atoms with Crippen molar-refractivity contribution in [2.24, 2.45) is 0 Å². The minimum atomic E-state index is -0.630. The molecule has 0 heterocycles. The van der Waals surface area contributed by atoms with Crippen LogP contribution in [0.4, 0.5) is 4.39 Å². The van der Waals surface area contributed by atoms with Gasteiger partial charge < -0.3 is 5.11 Å². The molecule has 1 N–H and O–H groups in total. The van der Waals surface area contributed by atoms with Crippen LogP contribution in [0, 0.1) is 5.82 Å². The zero-order valence-corrected chi connectivity index (χ0v) is 8.27. The molecule has 0 unspecified atom stereocenters. The van der Waals surface area contributed by atoms with Crippen LogP contribution in [-0.2, 0) is 0 Å². The van der Waals surface area contributed by atoms with Gasteiger partial charge in [0.2, 0.25) is 0 Å². The summed E-state index contributed by atoms with van der Waals surface area (Å²) in [7, 11) is 0. The molecule has 2 aromatic rings. The van der Waals surface area contributed by atoms with Crippen molar-refractivity contribution in [1.29, 1.82) is 0 Å². The first-order chi connectivity index (χ1) is 8.45. The molecular formula is C12H8ClFO. The van der Waals surface area contributed by atoms with Crippen molar-refractivity contribution in [1.82, 2.24) is 0 Å². The van der Waals surface area contributed by atoms with Crippen LogP contribution in [-0.4, -0.2) is 5.11 Å². The lowest BCUT2D eigenvalue weighted by molar-refractivity contribution is 0.476. The van der Waals surface area contributed by atoms with Crippen LogP contribution in [0.2, 0.25) is 5.02 Å². The maximum Gasteiger partial charge on any atom is 0.131 e. The highest BCUT2D eigenvalue weighted by molar-refractivity contribution is 6.31. The number of hydrogen-bond donors (Lipinski definition) is 1. The molecule has 0 aliphatic carbocycles. The number of halogens is 2. The summed E-state index contributed by atoms with van der Waals surface area (Å²) < 4.78 is 36.4. The van der Waals surface area contributed by atoms with E-state index in [0.29, 0.717) is 0 Å². The van der Waals surface area contributed by atoms with Gasteiger partial charge in [0.15, 0.2) is 0 Å². The number of benzene rings is 2. The molecule has 0 aromatic heterocycles. The molecule has 1 nitrogen and oxygen atoms in total. The first-order valence-corrected chi connectivity index (χ1v) is 4.56. The Morgan fingerprint density at radius 3 is 2.67 bits per heavy atom. The van der Waals surface area contributed by atoms with E-state index in [1.807, 2.05) is 0 Å². The Balaban J connectivity index is 2.85. The highest BCUT2D eigenvalue weighted by atomic mass is 35.5. The van der Waals surface area contributed by atoms with Gasteiger partial charge in [-0.2, -0.15) is 0 Å². The topological polar surface area (TPSA) is 20.2 Å². The van der Waals surface area contributed by atoms with E-state index in [2.05, 4.69) is 0 Å². The van der Waals surface area contributed by atoms with Crippen molar-refractivity contribution in [2.45, 2.75) is 0 Å². The molecule has 76 valence electrons. The minimum Gasteiger partial charge on any atom is -0.507 e. The molecule has 0 amide bonds. The maximum atomic E-state index is 13.7. The standard InChI is InChI=1S/C12H8ClFO/c13-8-5-6-12(15)10(7-8)9-3-1-2-4-11(9)14/h1-7,15H/i5D,6D,7D. The Kier molecular flexibility index (Phi) is 1.79. The third kappa shape index (κ3) is 1.95. The van der Waals surface area contributed by atoms with Gasteiger partial charge in [0.1, 0.15) is 11.6 Å². The van der Waals surface area contributed by atoms with Gasteiger partial charge in [-0.25, -0.2) is 4.39 Å². The predicted molar refractivity (Wildman–Crippen MR) is 58.5 cm³/mol. The van der Waals surface area contributed by atoms with Gasteiger partial charge in [-0.05, 0) is 24.2 Å². The molecule has 3 heteroatoms. The smallest absolute Gasteiger partial charge is 0.131 e. The molecule has 0 fully saturated rings. The fraction of sp³-hybridized carbons (Fsp3) is 0. The van der Waals surface area contributed by atoms with E-state index in [9.17, 15) is 9.50 Å². The van der Waals surface area contributed by atoms with Crippen LogP contribution in [0.5, 0.6) is 5.75 Å². The van der Waals surface area contributed by atoms with Gasteiger partial charge in [0.05, 0.1) is 4.11 Å². The van der Waals surface area contributed by atoms with Crippen LogP contribution in [0.25, 0.3) is 11.1 Å². The molecule has 0 saturated heterocycles. The van der Waals surface area contributed by atoms with Gasteiger partial charge in [0.25, 0.3) is 0 Å². The second-order valence-corrected chi connectivity index (χ2v) is 3.27. The molecule has 0 spiro atoms. The molecule has 0 atom stereocenters. The van der Waals surface area contributed by atoms with E-state index in [-0.39, 0.29) is 22.2 Å². The second-order valence-electron chi connectivity index (χ2n) is 2.89. The summed E-state index contributed by atoms with van der Waals surface area (Å²) in [6, 6.07) is 4.25. The average Bonchev–Trinajstić information content (AvgIpc) is 2.36. The summed E-state index contributed by atoms with van der Waals surface area (Å²) in [5.74, 6) is -1.24. The first-order valence-electron chi connectivity index (χ1n) is 5.68. The van der Waals surface area contributed by atoms with Crippen molar-refractivity contribution in [3.8, 4) is 16.9 Å². The molecule has 0 saturated carbocycles. The van der Waals surface area contributed by atoms with Gasteiger partial charge >= 0.3 is 0 Å². The van der Waals surface area contributed by atoms with Gasteiger partial charge in [-0.1, -0.05) is 29.8 Å². The number of hydrogen-bond acceptors (Lipinski definition) is 1. The third-order valence-corrected chi connectivity index (χ3v) is 2.09. The van der Waals surface area contributed by atoms with E-state index in [1.54, 1.807) is 6.07 Å². The zero-order chi connectivity index (χ0) is 13.4. The maximum absolute atomic E-state index is 13.7. The Bertz CT molecular complexity index is 602. The minimum absolute atomic E-state index is 0.0181. The van der Waals surface area contributed by atoms with E-state index in [0.717, 1.165) is 0 Å². The monoisotopic (exact) mass is 225 g/mol. The van der Waals surface area contributed by atoms with Crippen molar-refractivity contribution in [3.63, 3.8) is 0 Å². The molecule has 15 heavy (non-hydrogen) atoms. The molecule has 0 aliphatic heterocycles. The summed E-state index contributed by atoms with van der Waals surface area (Å²) in [6.45, 7) is 0. The van der Waals surface area contributed by atoms with Crippen LogP contribution < -0.4 is 0 Å². The van der Waals surface area contributed by atoms with Crippen LogP contribution >= 0.6 is 11.6 Å². The van der Waals surface area contributed by atoms with Gasteiger partial charge in [-0.3, -0.25) is 0 Å². The SMILES string of the molecule is [2H]c1c([2H])c(Cl)c([2H])c(-c2ccccc2F)c1O. The molecule has 2 rings (SSSR count). The Hall–Kier alpha value is -1.54. The fourth-order valence-corrected chi connectivity index (χ4v) is 1.38. The van der Waals surface area contributed by atoms with E-state index in [1.165, 1.54) is 18.2 Å². The summed E-state index contributed by atoms with van der Waals surface area (Å²) in [6.07, 6.45) is 0. The van der Waals surface area contributed by atoms with Crippen molar-refractivity contribution in [3.05, 3.63) is 53.2 Å². The Labute approximate surface area is 96.0 Å². The van der Waals surface area contributed by atoms with E-state index < -0.39 is 23.7 Å². The highest BCUT2D eigenvalue weighted by Crippen LogP contribution is 2.32. The lowest BCUT2D eigenvalue weighted by Crippen LogP contribution is -1.84. The molecule has 0 radical (unpaired) electrons. The third-order valence-electron chi connectivity index (χ3n) is 1.91. The lowest BCUT2D eigenvalue weighted by atomic mass is 10.0. The van der Waals surface area contributed by atoms with Crippen molar-refractivity contribution in [2.75, 3.05) is 0 Å². The molecule has 0 aliphatic rings. The number of phenolic OH excluding ortho intramolecular Hbond substituents is 1. The normalized spacial score (nSPS) is 13.1. The van der Waals surface area contributed by atoms with Crippen LogP contribution in [0.3, 0.4) is 0 Å². The first kappa shape index (κ1) is 6.85. The van der Waals surface area contributed by atoms with Gasteiger partial charge in [-0.15, -0.1) is 0 Å². The van der Waals surface area contributed by atoms with Crippen LogP contribution in [0.1, 0.15) is 4.11 Å². The highest BCUT2D eigenvalue weighted by Gasteiger charge is 2.08. The Morgan fingerprint density at radius 2 is 1.93 bits per heavy atom. The summed E-state index contributed by atoms with van der Waals surface area (Å²) in [4.78, 5) is 0. The quantitative estimate of drug-likeness (QED) is 0.782. The van der Waals surface area contributed by atoms with E-state index in [4.69, 9.17) is 15.7 Å². The number of rotatable bonds is 1. The lowest BCUT2D eigenvalue weighted by Gasteiger charge is -2.06. The largest absolute Gasteiger partial charge is 0.507 e. The predicted octanol–water partition coefficient (Wildman–Crippen LogP) is 3.85.